The maximum absolute atomic E-state index is 14.1. The summed E-state index contributed by atoms with van der Waals surface area (Å²) in [4.78, 5) is 28.3. The number of anilines is 1. The van der Waals surface area contributed by atoms with Gasteiger partial charge in [0.05, 0.1) is 17.6 Å². The lowest BCUT2D eigenvalue weighted by Gasteiger charge is -2.26. The van der Waals surface area contributed by atoms with Gasteiger partial charge in [0, 0.05) is 25.4 Å². The quantitative estimate of drug-likeness (QED) is 0.683. The van der Waals surface area contributed by atoms with Crippen LogP contribution in [-0.4, -0.2) is 30.3 Å². The molecule has 1 aliphatic rings. The molecule has 1 fully saturated rings. The number of fused-ring (bicyclic) bond motifs is 1. The van der Waals surface area contributed by atoms with Crippen molar-refractivity contribution in [3.63, 3.8) is 0 Å². The fourth-order valence-corrected chi connectivity index (χ4v) is 3.65. The van der Waals surface area contributed by atoms with Crippen LogP contribution in [0.2, 0.25) is 0 Å². The molecule has 28 heavy (non-hydrogen) atoms. The molecule has 0 unspecified atom stereocenters. The molecule has 1 aliphatic heterocycles. The van der Waals surface area contributed by atoms with Crippen LogP contribution in [0.5, 0.6) is 0 Å². The Bertz CT molecular complexity index is 1010. The number of carbonyl (C=O) groups excluding carboxylic acids is 2. The molecule has 0 radical (unpaired) electrons. The van der Waals surface area contributed by atoms with E-state index in [0.29, 0.717) is 5.76 Å². The zero-order chi connectivity index (χ0) is 19.8. The fourth-order valence-electron chi connectivity index (χ4n) is 3.65. The summed E-state index contributed by atoms with van der Waals surface area (Å²) >= 11 is 0. The minimum atomic E-state index is -0.510. The van der Waals surface area contributed by atoms with E-state index in [4.69, 9.17) is 4.42 Å². The first-order valence-electron chi connectivity index (χ1n) is 9.25. The fraction of sp³-hybridized carbons (Fsp3) is 0.273. The molecule has 0 saturated carbocycles. The predicted octanol–water partition coefficient (Wildman–Crippen LogP) is 4.14. The number of nitrogens with zero attached hydrogens (tertiary/aromatic N) is 2. The summed E-state index contributed by atoms with van der Waals surface area (Å²) in [7, 11) is 1.70. The van der Waals surface area contributed by atoms with Crippen LogP contribution in [0.25, 0.3) is 11.0 Å². The summed E-state index contributed by atoms with van der Waals surface area (Å²) in [5.74, 6) is -0.683. The Balaban J connectivity index is 1.51. The summed E-state index contributed by atoms with van der Waals surface area (Å²) < 4.78 is 19.9. The first kappa shape index (κ1) is 18.2. The molecule has 0 bridgehead atoms. The third kappa shape index (κ3) is 3.15. The van der Waals surface area contributed by atoms with Gasteiger partial charge in [0.1, 0.15) is 17.2 Å². The van der Waals surface area contributed by atoms with Crippen LogP contribution >= 0.6 is 0 Å². The van der Waals surface area contributed by atoms with E-state index in [1.165, 1.54) is 11.0 Å². The third-order valence-corrected chi connectivity index (χ3v) is 5.40. The highest BCUT2D eigenvalue weighted by Gasteiger charge is 2.38. The van der Waals surface area contributed by atoms with Crippen molar-refractivity contribution in [2.24, 2.45) is 5.92 Å². The van der Waals surface area contributed by atoms with Crippen LogP contribution in [-0.2, 0) is 9.59 Å². The van der Waals surface area contributed by atoms with Crippen molar-refractivity contribution in [1.82, 2.24) is 4.90 Å². The van der Waals surface area contributed by atoms with Crippen LogP contribution in [0.1, 0.15) is 25.1 Å². The normalized spacial score (nSPS) is 17.9. The topological polar surface area (TPSA) is 53.8 Å². The second-order valence-electron chi connectivity index (χ2n) is 7.17. The van der Waals surface area contributed by atoms with E-state index < -0.39 is 11.7 Å². The van der Waals surface area contributed by atoms with Gasteiger partial charge in [0.2, 0.25) is 11.8 Å². The summed E-state index contributed by atoms with van der Waals surface area (Å²) in [5.41, 5.74) is 0.989. The van der Waals surface area contributed by atoms with Crippen LogP contribution in [0.15, 0.2) is 59.0 Å². The number of hydrogen-bond donors (Lipinski definition) is 0. The number of carbonyl (C=O) groups is 2. The van der Waals surface area contributed by atoms with Crippen LogP contribution in [0, 0.1) is 11.7 Å². The minimum Gasteiger partial charge on any atom is -0.459 e. The van der Waals surface area contributed by atoms with Gasteiger partial charge >= 0.3 is 0 Å². The molecule has 0 N–H and O–H groups in total. The minimum absolute atomic E-state index is 0.0738. The summed E-state index contributed by atoms with van der Waals surface area (Å²) in [6.45, 7) is 2.07. The largest absolute Gasteiger partial charge is 0.459 e. The molecule has 0 aliphatic carbocycles. The number of amides is 2. The predicted molar refractivity (Wildman–Crippen MR) is 104 cm³/mol. The third-order valence-electron chi connectivity index (χ3n) is 5.40. The van der Waals surface area contributed by atoms with Crippen molar-refractivity contribution < 1.29 is 18.4 Å². The van der Waals surface area contributed by atoms with Gasteiger partial charge in [-0.1, -0.05) is 30.3 Å². The number of furan rings is 1. The molecule has 1 saturated heterocycles. The Morgan fingerprint density at radius 3 is 2.68 bits per heavy atom. The van der Waals surface area contributed by atoms with Crippen molar-refractivity contribution in [3.05, 3.63) is 66.2 Å². The average Bonchev–Trinajstić information content (AvgIpc) is 3.30. The number of benzene rings is 2. The molecule has 6 heteroatoms. The van der Waals surface area contributed by atoms with E-state index in [-0.39, 0.29) is 36.5 Å². The standard InChI is InChI=1S/C22H21FN2O3/c1-14(20-11-15-7-3-6-10-19(15)28-20)24(2)22(27)16-12-21(26)25(13-16)18-9-5-4-8-17(18)23/h3-11,14,16H,12-13H2,1-2H3/t14-,16-/m0/s1. The van der Waals surface area contributed by atoms with Crippen LogP contribution in [0.4, 0.5) is 10.1 Å². The zero-order valence-electron chi connectivity index (χ0n) is 15.8. The first-order chi connectivity index (χ1) is 13.5. The molecule has 144 valence electrons. The van der Waals surface area contributed by atoms with Gasteiger partial charge < -0.3 is 14.2 Å². The van der Waals surface area contributed by atoms with E-state index in [9.17, 15) is 14.0 Å². The zero-order valence-corrected chi connectivity index (χ0v) is 15.8. The average molecular weight is 380 g/mol. The molecular weight excluding hydrogens is 359 g/mol. The number of rotatable bonds is 4. The number of halogens is 1. The summed E-state index contributed by atoms with van der Waals surface area (Å²) in [6.07, 6.45) is 0.0738. The Labute approximate surface area is 162 Å². The Kier molecular flexibility index (Phi) is 4.63. The summed E-state index contributed by atoms with van der Waals surface area (Å²) in [5, 5.41) is 0.979. The van der Waals surface area contributed by atoms with E-state index >= 15 is 0 Å². The summed E-state index contributed by atoms with van der Waals surface area (Å²) in [6, 6.07) is 15.4. The van der Waals surface area contributed by atoms with Crippen molar-refractivity contribution in [2.45, 2.75) is 19.4 Å². The monoisotopic (exact) mass is 380 g/mol. The maximum Gasteiger partial charge on any atom is 0.228 e. The lowest BCUT2D eigenvalue weighted by molar-refractivity contribution is -0.136. The van der Waals surface area contributed by atoms with Gasteiger partial charge in [-0.25, -0.2) is 4.39 Å². The van der Waals surface area contributed by atoms with Gasteiger partial charge in [-0.2, -0.15) is 0 Å². The Hall–Kier alpha value is -3.15. The highest BCUT2D eigenvalue weighted by molar-refractivity contribution is 6.00. The van der Waals surface area contributed by atoms with Crippen molar-refractivity contribution in [2.75, 3.05) is 18.5 Å². The molecule has 5 nitrogen and oxygen atoms in total. The second kappa shape index (κ2) is 7.11. The van der Waals surface area contributed by atoms with Crippen molar-refractivity contribution in [3.8, 4) is 0 Å². The van der Waals surface area contributed by atoms with Crippen LogP contribution in [0.3, 0.4) is 0 Å². The molecule has 3 aromatic rings. The molecule has 1 aromatic heterocycles. The second-order valence-corrected chi connectivity index (χ2v) is 7.17. The molecule has 4 rings (SSSR count). The van der Waals surface area contributed by atoms with Crippen LogP contribution < -0.4 is 4.90 Å². The molecule has 2 atom stereocenters. The van der Waals surface area contributed by atoms with E-state index in [1.54, 1.807) is 30.1 Å². The smallest absolute Gasteiger partial charge is 0.228 e. The molecule has 2 amide bonds. The van der Waals surface area contributed by atoms with Crippen molar-refractivity contribution >= 4 is 28.5 Å². The maximum atomic E-state index is 14.1. The first-order valence-corrected chi connectivity index (χ1v) is 9.25. The highest BCUT2D eigenvalue weighted by Crippen LogP contribution is 2.31. The highest BCUT2D eigenvalue weighted by atomic mass is 19.1. The Morgan fingerprint density at radius 2 is 1.93 bits per heavy atom. The number of para-hydroxylation sites is 2. The van der Waals surface area contributed by atoms with Gasteiger partial charge in [0.25, 0.3) is 0 Å². The van der Waals surface area contributed by atoms with Gasteiger partial charge in [-0.3, -0.25) is 9.59 Å². The molecule has 2 aromatic carbocycles. The lowest BCUT2D eigenvalue weighted by atomic mass is 10.1. The lowest BCUT2D eigenvalue weighted by Crippen LogP contribution is -2.36. The molecular formula is C22H21FN2O3. The molecule has 2 heterocycles. The van der Waals surface area contributed by atoms with E-state index in [2.05, 4.69) is 0 Å². The van der Waals surface area contributed by atoms with Gasteiger partial charge in [-0.05, 0) is 31.2 Å². The van der Waals surface area contributed by atoms with Crippen molar-refractivity contribution in [1.29, 1.82) is 0 Å². The van der Waals surface area contributed by atoms with Gasteiger partial charge in [0.15, 0.2) is 0 Å². The SMILES string of the molecule is C[C@@H](c1cc2ccccc2o1)N(C)C(=O)[C@H]1CC(=O)N(c2ccccc2F)C1. The van der Waals surface area contributed by atoms with E-state index in [1.807, 2.05) is 37.3 Å². The van der Waals surface area contributed by atoms with Gasteiger partial charge in [-0.15, -0.1) is 0 Å². The van der Waals surface area contributed by atoms with E-state index in [0.717, 1.165) is 11.0 Å². The molecule has 0 spiro atoms. The number of hydrogen-bond acceptors (Lipinski definition) is 3. The Morgan fingerprint density at radius 1 is 1.21 bits per heavy atom.